The summed E-state index contributed by atoms with van der Waals surface area (Å²) in [7, 11) is 0. The highest BCUT2D eigenvalue weighted by molar-refractivity contribution is 7.99. The Kier molecular flexibility index (Phi) is 4.35. The van der Waals surface area contributed by atoms with Crippen LogP contribution in [0, 0.1) is 11.8 Å². The zero-order valence-corrected chi connectivity index (χ0v) is 12.9. The van der Waals surface area contributed by atoms with Crippen molar-refractivity contribution in [2.24, 2.45) is 11.8 Å². The number of amides is 1. The van der Waals surface area contributed by atoms with Crippen LogP contribution in [0.4, 0.5) is 0 Å². The van der Waals surface area contributed by atoms with E-state index in [1.54, 1.807) is 11.8 Å². The van der Waals surface area contributed by atoms with Crippen molar-refractivity contribution in [1.29, 1.82) is 0 Å². The summed E-state index contributed by atoms with van der Waals surface area (Å²) in [6.45, 7) is 2.02. The molecule has 0 spiro atoms. The molecule has 0 aliphatic heterocycles. The Labute approximate surface area is 125 Å². The Bertz CT molecular complexity index is 461. The summed E-state index contributed by atoms with van der Waals surface area (Å²) in [6, 6.07) is 10.8. The maximum atomic E-state index is 12.3. The van der Waals surface area contributed by atoms with Crippen LogP contribution in [-0.2, 0) is 10.5 Å². The first-order valence-corrected chi connectivity index (χ1v) is 8.73. The molecule has 3 rings (SSSR count). The molecule has 4 atom stereocenters. The molecule has 108 valence electrons. The lowest BCUT2D eigenvalue weighted by molar-refractivity contribution is -0.121. The molecule has 1 aromatic carbocycles. The van der Waals surface area contributed by atoms with Gasteiger partial charge in [0.05, 0.1) is 5.25 Å². The third-order valence-corrected chi connectivity index (χ3v) is 5.99. The molecule has 2 fully saturated rings. The van der Waals surface area contributed by atoms with Gasteiger partial charge in [-0.2, -0.15) is 0 Å². The molecule has 1 aromatic rings. The number of rotatable bonds is 5. The molecule has 3 heteroatoms. The van der Waals surface area contributed by atoms with Crippen LogP contribution in [-0.4, -0.2) is 17.2 Å². The van der Waals surface area contributed by atoms with Crippen molar-refractivity contribution < 1.29 is 4.79 Å². The fraction of sp³-hybridized carbons (Fsp3) is 0.588. The van der Waals surface area contributed by atoms with Crippen LogP contribution < -0.4 is 5.32 Å². The molecule has 2 saturated carbocycles. The maximum absolute atomic E-state index is 12.3. The Balaban J connectivity index is 1.45. The Morgan fingerprint density at radius 3 is 2.75 bits per heavy atom. The SMILES string of the molecule is C[C@@H](SCc1ccccc1)C(=O)N[C@@H]1C[C@H]2CC[C@@H]1C2. The number of carbonyl (C=O) groups is 1. The molecule has 2 bridgehead atoms. The van der Waals surface area contributed by atoms with Gasteiger partial charge in [0, 0.05) is 11.8 Å². The van der Waals surface area contributed by atoms with Crippen molar-refractivity contribution in [3.63, 3.8) is 0 Å². The van der Waals surface area contributed by atoms with Gasteiger partial charge in [0.1, 0.15) is 0 Å². The third-order valence-electron chi connectivity index (χ3n) is 4.78. The molecule has 2 aliphatic carbocycles. The standard InChI is InChI=1S/C17H23NOS/c1-12(20-11-13-5-3-2-4-6-13)17(19)18-16-10-14-7-8-15(16)9-14/h2-6,12,14-16H,7-11H2,1H3,(H,18,19)/t12-,14+,15-,16-/m1/s1. The zero-order chi connectivity index (χ0) is 13.9. The van der Waals surface area contributed by atoms with Gasteiger partial charge in [0.2, 0.25) is 5.91 Å². The fourth-order valence-electron chi connectivity index (χ4n) is 3.59. The molecule has 1 N–H and O–H groups in total. The summed E-state index contributed by atoms with van der Waals surface area (Å²) in [5.41, 5.74) is 1.29. The lowest BCUT2D eigenvalue weighted by Crippen LogP contribution is -2.42. The van der Waals surface area contributed by atoms with Gasteiger partial charge >= 0.3 is 0 Å². The summed E-state index contributed by atoms with van der Waals surface area (Å²) < 4.78 is 0. The summed E-state index contributed by atoms with van der Waals surface area (Å²) in [6.07, 6.45) is 5.26. The first-order chi connectivity index (χ1) is 9.72. The van der Waals surface area contributed by atoms with Crippen molar-refractivity contribution in [1.82, 2.24) is 5.32 Å². The topological polar surface area (TPSA) is 29.1 Å². The highest BCUT2D eigenvalue weighted by Crippen LogP contribution is 2.44. The second kappa shape index (κ2) is 6.21. The van der Waals surface area contributed by atoms with Gasteiger partial charge in [0.15, 0.2) is 0 Å². The molecule has 2 nitrogen and oxygen atoms in total. The van der Waals surface area contributed by atoms with Crippen LogP contribution in [0.2, 0.25) is 0 Å². The highest BCUT2D eigenvalue weighted by Gasteiger charge is 2.40. The minimum absolute atomic E-state index is 0.0364. The predicted molar refractivity (Wildman–Crippen MR) is 84.6 cm³/mol. The van der Waals surface area contributed by atoms with Gasteiger partial charge in [-0.1, -0.05) is 36.8 Å². The summed E-state index contributed by atoms with van der Waals surface area (Å²) in [5.74, 6) is 2.78. The monoisotopic (exact) mass is 289 g/mol. The molecule has 20 heavy (non-hydrogen) atoms. The smallest absolute Gasteiger partial charge is 0.233 e. The minimum atomic E-state index is 0.0364. The van der Waals surface area contributed by atoms with Gasteiger partial charge in [0.25, 0.3) is 0 Å². The largest absolute Gasteiger partial charge is 0.352 e. The van der Waals surface area contributed by atoms with E-state index < -0.39 is 0 Å². The summed E-state index contributed by atoms with van der Waals surface area (Å²) >= 11 is 1.73. The average molecular weight is 289 g/mol. The lowest BCUT2D eigenvalue weighted by Gasteiger charge is -2.24. The van der Waals surface area contributed by atoms with Crippen molar-refractivity contribution in [2.75, 3.05) is 0 Å². The summed E-state index contributed by atoms with van der Waals surface area (Å²) in [5, 5.41) is 3.32. The molecule has 0 radical (unpaired) electrons. The number of hydrogen-bond acceptors (Lipinski definition) is 2. The Morgan fingerprint density at radius 1 is 1.30 bits per heavy atom. The zero-order valence-electron chi connectivity index (χ0n) is 12.0. The van der Waals surface area contributed by atoms with Crippen molar-refractivity contribution in [2.45, 2.75) is 49.7 Å². The molecular formula is C17H23NOS. The van der Waals surface area contributed by atoms with E-state index in [4.69, 9.17) is 0 Å². The minimum Gasteiger partial charge on any atom is -0.352 e. The van der Waals surface area contributed by atoms with E-state index in [-0.39, 0.29) is 11.2 Å². The van der Waals surface area contributed by atoms with E-state index in [1.807, 2.05) is 13.0 Å². The molecule has 0 heterocycles. The first kappa shape index (κ1) is 14.0. The molecule has 0 saturated heterocycles. The van der Waals surface area contributed by atoms with Crippen molar-refractivity contribution >= 4 is 17.7 Å². The van der Waals surface area contributed by atoms with Gasteiger partial charge in [-0.15, -0.1) is 11.8 Å². The number of benzene rings is 1. The van der Waals surface area contributed by atoms with Crippen LogP contribution in [0.25, 0.3) is 0 Å². The fourth-order valence-corrected chi connectivity index (χ4v) is 4.45. The number of hydrogen-bond donors (Lipinski definition) is 1. The van der Waals surface area contributed by atoms with Gasteiger partial charge in [-0.3, -0.25) is 4.79 Å². The average Bonchev–Trinajstić information content (AvgIpc) is 3.08. The van der Waals surface area contributed by atoms with E-state index in [0.29, 0.717) is 6.04 Å². The van der Waals surface area contributed by atoms with Crippen molar-refractivity contribution in [3.05, 3.63) is 35.9 Å². The van der Waals surface area contributed by atoms with Crippen LogP contribution in [0.1, 0.15) is 38.2 Å². The van der Waals surface area contributed by atoms with E-state index in [2.05, 4.69) is 29.6 Å². The van der Waals surface area contributed by atoms with Crippen LogP contribution in [0.5, 0.6) is 0 Å². The predicted octanol–water partition coefficient (Wildman–Crippen LogP) is 3.61. The van der Waals surface area contributed by atoms with Crippen LogP contribution in [0.15, 0.2) is 30.3 Å². The highest BCUT2D eigenvalue weighted by atomic mass is 32.2. The number of thioether (sulfide) groups is 1. The van der Waals surface area contributed by atoms with E-state index >= 15 is 0 Å². The maximum Gasteiger partial charge on any atom is 0.233 e. The first-order valence-electron chi connectivity index (χ1n) is 7.68. The van der Waals surface area contributed by atoms with Crippen LogP contribution in [0.3, 0.4) is 0 Å². The number of carbonyl (C=O) groups excluding carboxylic acids is 1. The van der Waals surface area contributed by atoms with E-state index in [0.717, 1.165) is 17.6 Å². The lowest BCUT2D eigenvalue weighted by atomic mass is 9.95. The number of nitrogens with one attached hydrogen (secondary N) is 1. The second-order valence-electron chi connectivity index (χ2n) is 6.23. The van der Waals surface area contributed by atoms with Gasteiger partial charge in [-0.25, -0.2) is 0 Å². The quantitative estimate of drug-likeness (QED) is 0.897. The molecule has 2 aliphatic rings. The Hall–Kier alpha value is -0.960. The Morgan fingerprint density at radius 2 is 2.10 bits per heavy atom. The second-order valence-corrected chi connectivity index (χ2v) is 7.56. The molecule has 1 amide bonds. The van der Waals surface area contributed by atoms with Crippen molar-refractivity contribution in [3.8, 4) is 0 Å². The molecule has 0 unspecified atom stereocenters. The van der Waals surface area contributed by atoms with E-state index in [1.165, 1.54) is 31.2 Å². The van der Waals surface area contributed by atoms with E-state index in [9.17, 15) is 4.79 Å². The van der Waals surface area contributed by atoms with Gasteiger partial charge in [-0.05, 0) is 43.6 Å². The number of fused-ring (bicyclic) bond motifs is 2. The summed E-state index contributed by atoms with van der Waals surface area (Å²) in [4.78, 5) is 12.3. The molecular weight excluding hydrogens is 266 g/mol. The molecule has 0 aromatic heterocycles. The normalized spacial score (nSPS) is 29.4. The van der Waals surface area contributed by atoms with Crippen LogP contribution >= 0.6 is 11.8 Å². The van der Waals surface area contributed by atoms with Gasteiger partial charge < -0.3 is 5.32 Å². The third kappa shape index (κ3) is 3.20.